The number of nitrogens with zero attached hydrogens (tertiary/aromatic N) is 2. The standard InChI is InChI=1S/C15H17N3/c1-10-5-3-4-6-12(10)15-17-13(11-7-8-11)9-14(16-2)18-15/h3-6,9,11H,7-8H2,1-2H3,(H,16,17,18). The number of anilines is 1. The lowest BCUT2D eigenvalue weighted by molar-refractivity contribution is 0.993. The van der Waals surface area contributed by atoms with Gasteiger partial charge in [0.1, 0.15) is 5.82 Å². The number of aryl methyl sites for hydroxylation is 1. The van der Waals surface area contributed by atoms with Crippen LogP contribution in [0.15, 0.2) is 30.3 Å². The molecule has 0 atom stereocenters. The Morgan fingerprint density at radius 3 is 2.61 bits per heavy atom. The van der Waals surface area contributed by atoms with E-state index in [-0.39, 0.29) is 0 Å². The van der Waals surface area contributed by atoms with Crippen LogP contribution in [0.1, 0.15) is 30.0 Å². The molecule has 1 aromatic carbocycles. The number of hydrogen-bond donors (Lipinski definition) is 1. The fraction of sp³-hybridized carbons (Fsp3) is 0.333. The maximum absolute atomic E-state index is 4.72. The summed E-state index contributed by atoms with van der Waals surface area (Å²) in [5, 5.41) is 3.13. The Labute approximate surface area is 107 Å². The number of rotatable bonds is 3. The fourth-order valence-corrected chi connectivity index (χ4v) is 2.13. The summed E-state index contributed by atoms with van der Waals surface area (Å²) in [6.45, 7) is 2.10. The first kappa shape index (κ1) is 11.2. The molecule has 0 spiro atoms. The highest BCUT2D eigenvalue weighted by atomic mass is 15.0. The lowest BCUT2D eigenvalue weighted by atomic mass is 10.1. The van der Waals surface area contributed by atoms with E-state index < -0.39 is 0 Å². The smallest absolute Gasteiger partial charge is 0.162 e. The predicted octanol–water partition coefficient (Wildman–Crippen LogP) is 3.37. The van der Waals surface area contributed by atoms with Gasteiger partial charge >= 0.3 is 0 Å². The number of hydrogen-bond acceptors (Lipinski definition) is 3. The maximum Gasteiger partial charge on any atom is 0.162 e. The molecule has 0 radical (unpaired) electrons. The summed E-state index contributed by atoms with van der Waals surface area (Å²) in [5.41, 5.74) is 3.51. The SMILES string of the molecule is CNc1cc(C2CC2)nc(-c2ccccc2C)n1. The first-order chi connectivity index (χ1) is 8.78. The highest BCUT2D eigenvalue weighted by molar-refractivity contribution is 5.61. The van der Waals surface area contributed by atoms with Gasteiger partial charge in [0.05, 0.1) is 0 Å². The Morgan fingerprint density at radius 2 is 1.94 bits per heavy atom. The third kappa shape index (κ3) is 2.08. The van der Waals surface area contributed by atoms with Crippen LogP contribution >= 0.6 is 0 Å². The van der Waals surface area contributed by atoms with Crippen molar-refractivity contribution in [1.82, 2.24) is 9.97 Å². The summed E-state index contributed by atoms with van der Waals surface area (Å²) in [6, 6.07) is 10.3. The quantitative estimate of drug-likeness (QED) is 0.892. The molecule has 1 N–H and O–H groups in total. The molecule has 0 aliphatic heterocycles. The van der Waals surface area contributed by atoms with Gasteiger partial charge in [-0.1, -0.05) is 24.3 Å². The highest BCUT2D eigenvalue weighted by Gasteiger charge is 2.26. The van der Waals surface area contributed by atoms with Gasteiger partial charge < -0.3 is 5.32 Å². The van der Waals surface area contributed by atoms with Crippen molar-refractivity contribution >= 4 is 5.82 Å². The van der Waals surface area contributed by atoms with Gasteiger partial charge in [-0.3, -0.25) is 0 Å². The zero-order chi connectivity index (χ0) is 12.5. The summed E-state index contributed by atoms with van der Waals surface area (Å²) in [5.74, 6) is 2.38. The molecule has 1 saturated carbocycles. The molecule has 3 nitrogen and oxygen atoms in total. The lowest BCUT2D eigenvalue weighted by Gasteiger charge is -2.09. The molecule has 3 rings (SSSR count). The molecule has 92 valence electrons. The molecule has 1 aromatic heterocycles. The normalized spacial score (nSPS) is 14.6. The molecule has 0 unspecified atom stereocenters. The summed E-state index contributed by atoms with van der Waals surface area (Å²) >= 11 is 0. The van der Waals surface area contributed by atoms with Crippen LogP contribution in [0.2, 0.25) is 0 Å². The van der Waals surface area contributed by atoms with Gasteiger partial charge in [0.25, 0.3) is 0 Å². The van der Waals surface area contributed by atoms with Gasteiger partial charge in [0, 0.05) is 30.3 Å². The second kappa shape index (κ2) is 4.41. The Kier molecular flexibility index (Phi) is 2.74. The van der Waals surface area contributed by atoms with Crippen LogP contribution in [0.4, 0.5) is 5.82 Å². The number of aromatic nitrogens is 2. The van der Waals surface area contributed by atoms with Crippen molar-refractivity contribution in [2.24, 2.45) is 0 Å². The van der Waals surface area contributed by atoms with E-state index >= 15 is 0 Å². The van der Waals surface area contributed by atoms with Crippen molar-refractivity contribution in [1.29, 1.82) is 0 Å². The monoisotopic (exact) mass is 239 g/mol. The Morgan fingerprint density at radius 1 is 1.17 bits per heavy atom. The molecule has 3 heteroatoms. The van der Waals surface area contributed by atoms with Crippen molar-refractivity contribution in [3.63, 3.8) is 0 Å². The van der Waals surface area contributed by atoms with Crippen molar-refractivity contribution in [3.8, 4) is 11.4 Å². The molecule has 0 saturated heterocycles. The van der Waals surface area contributed by atoms with E-state index in [0.717, 1.165) is 17.2 Å². The van der Waals surface area contributed by atoms with Crippen molar-refractivity contribution in [2.75, 3.05) is 12.4 Å². The minimum Gasteiger partial charge on any atom is -0.373 e. The van der Waals surface area contributed by atoms with Crippen LogP contribution in [-0.2, 0) is 0 Å². The zero-order valence-corrected chi connectivity index (χ0v) is 10.8. The zero-order valence-electron chi connectivity index (χ0n) is 10.8. The molecule has 1 heterocycles. The van der Waals surface area contributed by atoms with E-state index in [1.165, 1.54) is 24.1 Å². The van der Waals surface area contributed by atoms with Crippen LogP contribution in [0.3, 0.4) is 0 Å². The summed E-state index contributed by atoms with van der Waals surface area (Å²) in [4.78, 5) is 9.29. The number of nitrogens with one attached hydrogen (secondary N) is 1. The number of benzene rings is 1. The average molecular weight is 239 g/mol. The van der Waals surface area contributed by atoms with Gasteiger partial charge in [0.15, 0.2) is 5.82 Å². The first-order valence-corrected chi connectivity index (χ1v) is 6.40. The Hall–Kier alpha value is -1.90. The van der Waals surface area contributed by atoms with Crippen molar-refractivity contribution in [2.45, 2.75) is 25.7 Å². The molecular formula is C15H17N3. The van der Waals surface area contributed by atoms with Gasteiger partial charge in [-0.2, -0.15) is 0 Å². The topological polar surface area (TPSA) is 37.8 Å². The van der Waals surface area contributed by atoms with Crippen LogP contribution in [-0.4, -0.2) is 17.0 Å². The van der Waals surface area contributed by atoms with E-state index in [1.807, 2.05) is 19.2 Å². The van der Waals surface area contributed by atoms with E-state index in [4.69, 9.17) is 4.98 Å². The second-order valence-electron chi connectivity index (χ2n) is 4.84. The summed E-state index contributed by atoms with van der Waals surface area (Å²) in [6.07, 6.45) is 2.51. The maximum atomic E-state index is 4.72. The summed E-state index contributed by atoms with van der Waals surface area (Å²) in [7, 11) is 1.90. The van der Waals surface area contributed by atoms with Gasteiger partial charge in [0.2, 0.25) is 0 Å². The molecule has 2 aromatic rings. The Bertz CT molecular complexity index is 574. The van der Waals surface area contributed by atoms with Crippen LogP contribution < -0.4 is 5.32 Å². The van der Waals surface area contributed by atoms with E-state index in [9.17, 15) is 0 Å². The van der Waals surface area contributed by atoms with Gasteiger partial charge in [-0.15, -0.1) is 0 Å². The minimum absolute atomic E-state index is 0.642. The third-order valence-corrected chi connectivity index (χ3v) is 3.38. The molecule has 0 bridgehead atoms. The molecule has 0 amide bonds. The molecule has 1 aliphatic carbocycles. The molecule has 18 heavy (non-hydrogen) atoms. The Balaban J connectivity index is 2.10. The van der Waals surface area contributed by atoms with E-state index in [2.05, 4.69) is 35.4 Å². The fourth-order valence-electron chi connectivity index (χ4n) is 2.13. The van der Waals surface area contributed by atoms with Crippen molar-refractivity contribution < 1.29 is 0 Å². The van der Waals surface area contributed by atoms with Gasteiger partial charge in [-0.25, -0.2) is 9.97 Å². The third-order valence-electron chi connectivity index (χ3n) is 3.38. The molecule has 1 fully saturated rings. The predicted molar refractivity (Wildman–Crippen MR) is 73.7 cm³/mol. The van der Waals surface area contributed by atoms with Crippen LogP contribution in [0.5, 0.6) is 0 Å². The van der Waals surface area contributed by atoms with Crippen molar-refractivity contribution in [3.05, 3.63) is 41.6 Å². The first-order valence-electron chi connectivity index (χ1n) is 6.40. The van der Waals surface area contributed by atoms with Crippen LogP contribution in [0, 0.1) is 6.92 Å². The molecular weight excluding hydrogens is 222 g/mol. The largest absolute Gasteiger partial charge is 0.373 e. The van der Waals surface area contributed by atoms with Crippen LogP contribution in [0.25, 0.3) is 11.4 Å². The van der Waals surface area contributed by atoms with E-state index in [1.54, 1.807) is 0 Å². The molecule has 1 aliphatic rings. The van der Waals surface area contributed by atoms with Gasteiger partial charge in [-0.05, 0) is 25.3 Å². The summed E-state index contributed by atoms with van der Waals surface area (Å²) < 4.78 is 0. The highest BCUT2D eigenvalue weighted by Crippen LogP contribution is 2.40. The van der Waals surface area contributed by atoms with E-state index in [0.29, 0.717) is 5.92 Å². The second-order valence-corrected chi connectivity index (χ2v) is 4.84. The average Bonchev–Trinajstić information content (AvgIpc) is 3.23. The lowest BCUT2D eigenvalue weighted by Crippen LogP contribution is -2.01. The minimum atomic E-state index is 0.642.